The third-order valence-electron chi connectivity index (χ3n) is 3.35. The van der Waals surface area contributed by atoms with Gasteiger partial charge in [-0.15, -0.1) is 0 Å². The smallest absolute Gasteiger partial charge is 0.410 e. The molecule has 0 radical (unpaired) electrons. The van der Waals surface area contributed by atoms with Crippen LogP contribution in [0.15, 0.2) is 18.2 Å². The van der Waals surface area contributed by atoms with Gasteiger partial charge in [-0.05, 0) is 44.9 Å². The molecule has 1 aromatic rings. The molecule has 0 fully saturated rings. The molecule has 0 aliphatic rings. The summed E-state index contributed by atoms with van der Waals surface area (Å²) in [5.41, 5.74) is 0.206. The van der Waals surface area contributed by atoms with Crippen molar-refractivity contribution >= 4 is 6.09 Å². The van der Waals surface area contributed by atoms with E-state index in [9.17, 15) is 15.0 Å². The van der Waals surface area contributed by atoms with Gasteiger partial charge in [0.25, 0.3) is 0 Å². The van der Waals surface area contributed by atoms with E-state index < -0.39 is 5.60 Å². The van der Waals surface area contributed by atoms with E-state index >= 15 is 0 Å². The van der Waals surface area contributed by atoms with Gasteiger partial charge in [0.15, 0.2) is 11.5 Å². The van der Waals surface area contributed by atoms with Gasteiger partial charge in [0.2, 0.25) is 0 Å². The number of rotatable bonds is 7. The number of ether oxygens (including phenoxy) is 1. The Hall–Kier alpha value is -1.91. The van der Waals surface area contributed by atoms with Gasteiger partial charge >= 0.3 is 6.09 Å². The van der Waals surface area contributed by atoms with Gasteiger partial charge in [0, 0.05) is 13.1 Å². The lowest BCUT2D eigenvalue weighted by molar-refractivity contribution is 0.0230. The third-order valence-corrected chi connectivity index (χ3v) is 3.35. The molecule has 5 nitrogen and oxygen atoms in total. The summed E-state index contributed by atoms with van der Waals surface area (Å²) in [6.45, 7) is 8.61. The average Bonchev–Trinajstić information content (AvgIpc) is 2.44. The fraction of sp³-hybridized carbons (Fsp3) is 0.611. The van der Waals surface area contributed by atoms with E-state index in [1.165, 1.54) is 12.1 Å². The quantitative estimate of drug-likeness (QED) is 0.576. The zero-order valence-electron chi connectivity index (χ0n) is 14.6. The fourth-order valence-corrected chi connectivity index (χ4v) is 2.18. The second-order valence-electron chi connectivity index (χ2n) is 6.79. The molecule has 1 aromatic carbocycles. The van der Waals surface area contributed by atoms with Crippen molar-refractivity contribution in [2.45, 2.75) is 65.5 Å². The molecule has 0 saturated carbocycles. The number of phenolic OH excluding ortho intramolecular Hbond substituents is 2. The number of nitrogens with zero attached hydrogens (tertiary/aromatic N) is 1. The number of amides is 1. The summed E-state index contributed by atoms with van der Waals surface area (Å²) in [5.74, 6) is -0.349. The molecule has 1 rings (SSSR count). The molecule has 23 heavy (non-hydrogen) atoms. The molecule has 0 aromatic heterocycles. The minimum atomic E-state index is -0.546. The molecule has 0 saturated heterocycles. The molecule has 0 aliphatic heterocycles. The van der Waals surface area contributed by atoms with E-state index in [1.807, 2.05) is 20.8 Å². The standard InChI is InChI=1S/C18H29NO4/c1-5-6-7-8-11-19(17(22)23-18(2,3)4)13-14-9-10-15(20)16(21)12-14/h9-10,12,20-21H,5-8,11,13H2,1-4H3. The van der Waals surface area contributed by atoms with Gasteiger partial charge in [-0.2, -0.15) is 0 Å². The Labute approximate surface area is 138 Å². The normalized spacial score (nSPS) is 11.3. The van der Waals surface area contributed by atoms with E-state index in [0.717, 1.165) is 31.2 Å². The second-order valence-corrected chi connectivity index (χ2v) is 6.79. The first-order valence-electron chi connectivity index (χ1n) is 8.21. The summed E-state index contributed by atoms with van der Waals surface area (Å²) in [6.07, 6.45) is 3.90. The van der Waals surface area contributed by atoms with Crippen LogP contribution in [0.5, 0.6) is 11.5 Å². The third kappa shape index (κ3) is 7.26. The molecule has 0 atom stereocenters. The summed E-state index contributed by atoms with van der Waals surface area (Å²) in [7, 11) is 0. The van der Waals surface area contributed by atoms with Crippen molar-refractivity contribution in [1.29, 1.82) is 0 Å². The maximum absolute atomic E-state index is 12.4. The minimum absolute atomic E-state index is 0.166. The van der Waals surface area contributed by atoms with Crippen molar-refractivity contribution in [3.05, 3.63) is 23.8 Å². The van der Waals surface area contributed by atoms with Crippen LogP contribution in [0.2, 0.25) is 0 Å². The van der Waals surface area contributed by atoms with Gasteiger partial charge < -0.3 is 19.8 Å². The molecular weight excluding hydrogens is 294 g/mol. The molecule has 2 N–H and O–H groups in total. The van der Waals surface area contributed by atoms with Crippen LogP contribution < -0.4 is 0 Å². The Morgan fingerprint density at radius 1 is 1.13 bits per heavy atom. The van der Waals surface area contributed by atoms with E-state index in [-0.39, 0.29) is 17.6 Å². The number of hydrogen-bond donors (Lipinski definition) is 2. The van der Waals surface area contributed by atoms with Crippen LogP contribution in [0.25, 0.3) is 0 Å². The number of aromatic hydroxyl groups is 2. The fourth-order valence-electron chi connectivity index (χ4n) is 2.18. The zero-order valence-corrected chi connectivity index (χ0v) is 14.6. The van der Waals surface area contributed by atoms with Crippen molar-refractivity contribution < 1.29 is 19.7 Å². The van der Waals surface area contributed by atoms with E-state index in [1.54, 1.807) is 11.0 Å². The highest BCUT2D eigenvalue weighted by molar-refractivity contribution is 5.68. The molecular formula is C18H29NO4. The largest absolute Gasteiger partial charge is 0.504 e. The van der Waals surface area contributed by atoms with Crippen LogP contribution in [0.1, 0.15) is 58.9 Å². The first kappa shape index (κ1) is 19.1. The first-order valence-corrected chi connectivity index (χ1v) is 8.21. The lowest BCUT2D eigenvalue weighted by atomic mass is 10.1. The zero-order chi connectivity index (χ0) is 17.5. The molecule has 0 aliphatic carbocycles. The number of benzene rings is 1. The van der Waals surface area contributed by atoms with E-state index in [4.69, 9.17) is 4.74 Å². The lowest BCUT2D eigenvalue weighted by Crippen LogP contribution is -2.37. The second kappa shape index (κ2) is 8.65. The maximum Gasteiger partial charge on any atom is 0.410 e. The highest BCUT2D eigenvalue weighted by atomic mass is 16.6. The van der Waals surface area contributed by atoms with Gasteiger partial charge in [0.05, 0.1) is 0 Å². The number of carbonyl (C=O) groups excluding carboxylic acids is 1. The number of carbonyl (C=O) groups is 1. The Morgan fingerprint density at radius 2 is 1.83 bits per heavy atom. The lowest BCUT2D eigenvalue weighted by Gasteiger charge is -2.27. The molecule has 0 bridgehead atoms. The Balaban J connectivity index is 2.76. The van der Waals surface area contributed by atoms with Crippen molar-refractivity contribution in [3.63, 3.8) is 0 Å². The monoisotopic (exact) mass is 323 g/mol. The number of hydrogen-bond acceptors (Lipinski definition) is 4. The van der Waals surface area contributed by atoms with Gasteiger partial charge in [-0.3, -0.25) is 0 Å². The first-order chi connectivity index (χ1) is 10.7. The molecule has 0 spiro atoms. The topological polar surface area (TPSA) is 70.0 Å². The van der Waals surface area contributed by atoms with Crippen molar-refractivity contribution in [3.8, 4) is 11.5 Å². The highest BCUT2D eigenvalue weighted by Gasteiger charge is 2.22. The molecule has 130 valence electrons. The van der Waals surface area contributed by atoms with Crippen LogP contribution in [0, 0.1) is 0 Å². The van der Waals surface area contributed by atoms with Crippen LogP contribution in [0.3, 0.4) is 0 Å². The van der Waals surface area contributed by atoms with Crippen molar-refractivity contribution in [1.82, 2.24) is 4.90 Å². The van der Waals surface area contributed by atoms with Gasteiger partial charge in [-0.1, -0.05) is 32.3 Å². The minimum Gasteiger partial charge on any atom is -0.504 e. The molecule has 5 heteroatoms. The molecule has 1 amide bonds. The summed E-state index contributed by atoms with van der Waals surface area (Å²) < 4.78 is 5.46. The highest BCUT2D eigenvalue weighted by Crippen LogP contribution is 2.26. The van der Waals surface area contributed by atoms with Crippen LogP contribution in [-0.4, -0.2) is 33.4 Å². The van der Waals surface area contributed by atoms with E-state index in [2.05, 4.69) is 6.92 Å². The van der Waals surface area contributed by atoms with E-state index in [0.29, 0.717) is 13.1 Å². The predicted octanol–water partition coefficient (Wildman–Crippen LogP) is 4.42. The van der Waals surface area contributed by atoms with Crippen molar-refractivity contribution in [2.24, 2.45) is 0 Å². The molecule has 0 unspecified atom stereocenters. The summed E-state index contributed by atoms with van der Waals surface area (Å²) in [4.78, 5) is 14.0. The SMILES string of the molecule is CCCCCCN(Cc1ccc(O)c(O)c1)C(=O)OC(C)(C)C. The Morgan fingerprint density at radius 3 is 2.39 bits per heavy atom. The Kier molecular flexibility index (Phi) is 7.20. The van der Waals surface area contributed by atoms with Gasteiger partial charge in [0.1, 0.15) is 5.60 Å². The van der Waals surface area contributed by atoms with Crippen LogP contribution in [-0.2, 0) is 11.3 Å². The number of unbranched alkanes of at least 4 members (excludes halogenated alkanes) is 3. The molecule has 0 heterocycles. The number of phenols is 2. The van der Waals surface area contributed by atoms with Crippen LogP contribution in [0.4, 0.5) is 4.79 Å². The average molecular weight is 323 g/mol. The van der Waals surface area contributed by atoms with Crippen molar-refractivity contribution in [2.75, 3.05) is 6.54 Å². The maximum atomic E-state index is 12.4. The summed E-state index contributed by atoms with van der Waals surface area (Å²) in [5, 5.41) is 19.0. The van der Waals surface area contributed by atoms with Crippen LogP contribution >= 0.6 is 0 Å². The summed E-state index contributed by atoms with van der Waals surface area (Å²) >= 11 is 0. The predicted molar refractivity (Wildman–Crippen MR) is 90.6 cm³/mol. The Bertz CT molecular complexity index is 508. The summed E-state index contributed by atoms with van der Waals surface area (Å²) in [6, 6.07) is 4.59. The van der Waals surface area contributed by atoms with Gasteiger partial charge in [-0.25, -0.2) is 4.79 Å².